The van der Waals surface area contributed by atoms with E-state index in [4.69, 9.17) is 5.73 Å². The third-order valence-electron chi connectivity index (χ3n) is 3.52. The molecule has 0 spiro atoms. The Kier molecular flexibility index (Phi) is 4.32. The maximum Gasteiger partial charge on any atom is 0.150 e. The maximum absolute atomic E-state index is 6.24. The second kappa shape index (κ2) is 5.99. The molecule has 1 aromatic heterocycles. The van der Waals surface area contributed by atoms with E-state index in [1.54, 1.807) is 0 Å². The first-order chi connectivity index (χ1) is 9.52. The lowest BCUT2D eigenvalue weighted by Gasteiger charge is -2.20. The molecule has 0 radical (unpaired) electrons. The minimum absolute atomic E-state index is 0.809. The van der Waals surface area contributed by atoms with Gasteiger partial charge < -0.3 is 10.6 Å². The second-order valence-corrected chi connectivity index (χ2v) is 5.40. The van der Waals surface area contributed by atoms with Crippen molar-refractivity contribution in [3.63, 3.8) is 0 Å². The normalized spacial score (nSPS) is 10.8. The maximum atomic E-state index is 6.24. The van der Waals surface area contributed by atoms with Crippen LogP contribution in [-0.2, 0) is 20.0 Å². The molecule has 0 aliphatic heterocycles. The van der Waals surface area contributed by atoms with Crippen LogP contribution in [0.2, 0.25) is 0 Å². The standard InChI is InChI=1S/C16H24N4/c1-5-6-14-15(17)16(20(4)18-14)19(3)11-13-9-7-12(2)8-10-13/h7-10H,5-6,11,17H2,1-4H3. The summed E-state index contributed by atoms with van der Waals surface area (Å²) in [7, 11) is 4.01. The van der Waals surface area contributed by atoms with Gasteiger partial charge in [0.15, 0.2) is 0 Å². The average molecular weight is 272 g/mol. The van der Waals surface area contributed by atoms with Gasteiger partial charge in [-0.1, -0.05) is 43.2 Å². The molecule has 108 valence electrons. The number of rotatable bonds is 5. The Bertz CT molecular complexity index is 569. The first-order valence-corrected chi connectivity index (χ1v) is 7.11. The zero-order valence-electron chi connectivity index (χ0n) is 12.8. The fraction of sp³-hybridized carbons (Fsp3) is 0.438. The third kappa shape index (κ3) is 2.95. The zero-order valence-corrected chi connectivity index (χ0v) is 12.8. The van der Waals surface area contributed by atoms with Gasteiger partial charge in [0, 0.05) is 20.6 Å². The van der Waals surface area contributed by atoms with E-state index in [9.17, 15) is 0 Å². The fourth-order valence-corrected chi connectivity index (χ4v) is 2.50. The van der Waals surface area contributed by atoms with Crippen molar-refractivity contribution in [2.75, 3.05) is 17.7 Å². The van der Waals surface area contributed by atoms with Crippen LogP contribution in [0.5, 0.6) is 0 Å². The molecule has 0 aliphatic rings. The molecule has 0 bridgehead atoms. The molecule has 2 N–H and O–H groups in total. The fourth-order valence-electron chi connectivity index (χ4n) is 2.50. The summed E-state index contributed by atoms with van der Waals surface area (Å²) in [5.74, 6) is 0.994. The molecule has 0 saturated carbocycles. The summed E-state index contributed by atoms with van der Waals surface area (Å²) in [4.78, 5) is 2.16. The van der Waals surface area contributed by atoms with Crippen LogP contribution >= 0.6 is 0 Å². The molecule has 4 heteroatoms. The average Bonchev–Trinajstić information content (AvgIpc) is 2.68. The lowest BCUT2D eigenvalue weighted by atomic mass is 10.1. The van der Waals surface area contributed by atoms with Gasteiger partial charge in [0.05, 0.1) is 11.4 Å². The van der Waals surface area contributed by atoms with Crippen molar-refractivity contribution in [3.8, 4) is 0 Å². The van der Waals surface area contributed by atoms with Crippen LogP contribution in [0.1, 0.15) is 30.2 Å². The van der Waals surface area contributed by atoms with Crippen molar-refractivity contribution in [2.45, 2.75) is 33.2 Å². The Hall–Kier alpha value is -1.97. The van der Waals surface area contributed by atoms with Crippen LogP contribution in [0.15, 0.2) is 24.3 Å². The van der Waals surface area contributed by atoms with Gasteiger partial charge in [-0.3, -0.25) is 4.68 Å². The van der Waals surface area contributed by atoms with Gasteiger partial charge in [0.2, 0.25) is 0 Å². The summed E-state index contributed by atoms with van der Waals surface area (Å²) in [6.07, 6.45) is 1.99. The van der Waals surface area contributed by atoms with Crippen LogP contribution in [0, 0.1) is 6.92 Å². The van der Waals surface area contributed by atoms with Gasteiger partial charge in [-0.05, 0) is 18.9 Å². The number of hydrogen-bond acceptors (Lipinski definition) is 3. The molecule has 20 heavy (non-hydrogen) atoms. The van der Waals surface area contributed by atoms with Crippen molar-refractivity contribution in [2.24, 2.45) is 7.05 Å². The highest BCUT2D eigenvalue weighted by Gasteiger charge is 2.16. The number of nitrogen functional groups attached to an aromatic ring is 1. The number of aryl methyl sites for hydroxylation is 3. The van der Waals surface area contributed by atoms with E-state index in [1.807, 2.05) is 11.7 Å². The molecule has 0 atom stereocenters. The van der Waals surface area contributed by atoms with E-state index in [-0.39, 0.29) is 0 Å². The highest BCUT2D eigenvalue weighted by Crippen LogP contribution is 2.27. The van der Waals surface area contributed by atoms with Crippen molar-refractivity contribution in [3.05, 3.63) is 41.1 Å². The lowest BCUT2D eigenvalue weighted by molar-refractivity contribution is 0.712. The van der Waals surface area contributed by atoms with E-state index in [2.05, 4.69) is 55.2 Å². The number of nitrogens with zero attached hydrogens (tertiary/aromatic N) is 3. The Morgan fingerprint density at radius 3 is 2.50 bits per heavy atom. The van der Waals surface area contributed by atoms with Crippen LogP contribution in [-0.4, -0.2) is 16.8 Å². The molecule has 0 unspecified atom stereocenters. The van der Waals surface area contributed by atoms with Crippen LogP contribution in [0.4, 0.5) is 11.5 Å². The summed E-state index contributed by atoms with van der Waals surface area (Å²) in [5, 5.41) is 4.53. The Morgan fingerprint density at radius 2 is 1.90 bits per heavy atom. The predicted octanol–water partition coefficient (Wildman–Crippen LogP) is 2.90. The molecule has 0 aliphatic carbocycles. The predicted molar refractivity (Wildman–Crippen MR) is 84.9 cm³/mol. The van der Waals surface area contributed by atoms with E-state index >= 15 is 0 Å². The van der Waals surface area contributed by atoms with E-state index < -0.39 is 0 Å². The van der Waals surface area contributed by atoms with Crippen LogP contribution < -0.4 is 10.6 Å². The van der Waals surface area contributed by atoms with E-state index in [1.165, 1.54) is 11.1 Å². The second-order valence-electron chi connectivity index (χ2n) is 5.40. The van der Waals surface area contributed by atoms with Gasteiger partial charge in [-0.15, -0.1) is 0 Å². The number of benzene rings is 1. The zero-order chi connectivity index (χ0) is 14.7. The highest BCUT2D eigenvalue weighted by molar-refractivity contribution is 5.66. The molecular weight excluding hydrogens is 248 g/mol. The molecular formula is C16H24N4. The van der Waals surface area contributed by atoms with Gasteiger partial charge in [-0.25, -0.2) is 0 Å². The van der Waals surface area contributed by atoms with Gasteiger partial charge in [0.25, 0.3) is 0 Å². The first-order valence-electron chi connectivity index (χ1n) is 7.11. The summed E-state index contributed by atoms with van der Waals surface area (Å²) >= 11 is 0. The van der Waals surface area contributed by atoms with Gasteiger partial charge in [0.1, 0.15) is 5.82 Å². The largest absolute Gasteiger partial charge is 0.394 e. The minimum atomic E-state index is 0.809. The first kappa shape index (κ1) is 14.4. The summed E-state index contributed by atoms with van der Waals surface area (Å²) in [6.45, 7) is 5.07. The summed E-state index contributed by atoms with van der Waals surface area (Å²) in [5.41, 5.74) is 10.6. The molecule has 1 heterocycles. The molecule has 0 fully saturated rings. The summed E-state index contributed by atoms with van der Waals surface area (Å²) < 4.78 is 1.88. The van der Waals surface area contributed by atoms with Crippen molar-refractivity contribution < 1.29 is 0 Å². The smallest absolute Gasteiger partial charge is 0.150 e. The monoisotopic (exact) mass is 272 g/mol. The van der Waals surface area contributed by atoms with Gasteiger partial charge >= 0.3 is 0 Å². The van der Waals surface area contributed by atoms with E-state index in [0.29, 0.717) is 0 Å². The molecule has 2 aromatic rings. The minimum Gasteiger partial charge on any atom is -0.394 e. The molecule has 0 amide bonds. The Balaban J connectivity index is 2.20. The van der Waals surface area contributed by atoms with Gasteiger partial charge in [-0.2, -0.15) is 5.10 Å². The van der Waals surface area contributed by atoms with Crippen molar-refractivity contribution >= 4 is 11.5 Å². The quantitative estimate of drug-likeness (QED) is 0.910. The summed E-state index contributed by atoms with van der Waals surface area (Å²) in [6, 6.07) is 8.59. The molecule has 2 rings (SSSR count). The van der Waals surface area contributed by atoms with Crippen LogP contribution in [0.3, 0.4) is 0 Å². The molecule has 0 saturated heterocycles. The van der Waals surface area contributed by atoms with Crippen molar-refractivity contribution in [1.82, 2.24) is 9.78 Å². The van der Waals surface area contributed by atoms with Crippen LogP contribution in [0.25, 0.3) is 0 Å². The third-order valence-corrected chi connectivity index (χ3v) is 3.52. The Morgan fingerprint density at radius 1 is 1.25 bits per heavy atom. The topological polar surface area (TPSA) is 47.1 Å². The highest BCUT2D eigenvalue weighted by atomic mass is 15.4. The molecule has 4 nitrogen and oxygen atoms in total. The SMILES string of the molecule is CCCc1nn(C)c(N(C)Cc2ccc(C)cc2)c1N. The number of hydrogen-bond donors (Lipinski definition) is 1. The number of aromatic nitrogens is 2. The number of anilines is 2. The lowest BCUT2D eigenvalue weighted by Crippen LogP contribution is -2.20. The Labute approximate surface area is 121 Å². The van der Waals surface area contributed by atoms with Crippen molar-refractivity contribution in [1.29, 1.82) is 0 Å². The molecule has 1 aromatic carbocycles. The number of nitrogens with two attached hydrogens (primary N) is 1. The van der Waals surface area contributed by atoms with E-state index in [0.717, 1.165) is 36.6 Å².